The minimum absolute atomic E-state index is 0.0364. The molecule has 46 heavy (non-hydrogen) atoms. The number of carbonyl (C=O) groups excluding carboxylic acids is 2. The lowest BCUT2D eigenvalue weighted by Gasteiger charge is -2.27. The van der Waals surface area contributed by atoms with E-state index >= 15 is 0 Å². The highest BCUT2D eigenvalue weighted by atomic mass is 19.1. The highest BCUT2D eigenvalue weighted by Crippen LogP contribution is 2.40. The van der Waals surface area contributed by atoms with Crippen molar-refractivity contribution in [3.63, 3.8) is 0 Å². The van der Waals surface area contributed by atoms with Crippen molar-refractivity contribution in [1.29, 1.82) is 0 Å². The number of imidazole rings is 1. The number of carbonyl (C=O) groups is 2. The number of likely N-dealkylation sites (tertiary alicyclic amines) is 1. The quantitative estimate of drug-likeness (QED) is 0.249. The molecule has 10 nitrogen and oxygen atoms in total. The number of rotatable bonds is 7. The maximum Gasteiger partial charge on any atom is 0.340 e. The van der Waals surface area contributed by atoms with Crippen molar-refractivity contribution >= 4 is 33.9 Å². The number of ether oxygens (including phenoxy) is 2. The first kappa shape index (κ1) is 28.7. The first-order chi connectivity index (χ1) is 22.2. The zero-order valence-corrected chi connectivity index (χ0v) is 26.0. The Kier molecular flexibility index (Phi) is 6.64. The number of hydrogen-bond donors (Lipinski definition) is 1. The minimum Gasteiger partial charge on any atom is -0.494 e. The second-order valence-electron chi connectivity index (χ2n) is 12.9. The third-order valence-electron chi connectivity index (χ3n) is 10.1. The lowest BCUT2D eigenvalue weighted by atomic mass is 10.1. The number of aryl methyl sites for hydroxylation is 1. The molecule has 0 spiro atoms. The molecule has 3 atom stereocenters. The summed E-state index contributed by atoms with van der Waals surface area (Å²) >= 11 is 0. The van der Waals surface area contributed by atoms with Crippen LogP contribution < -0.4 is 10.5 Å². The van der Waals surface area contributed by atoms with E-state index < -0.39 is 11.8 Å². The fourth-order valence-electron chi connectivity index (χ4n) is 7.43. The van der Waals surface area contributed by atoms with E-state index in [9.17, 15) is 14.0 Å². The van der Waals surface area contributed by atoms with Gasteiger partial charge in [0.05, 0.1) is 36.7 Å². The van der Waals surface area contributed by atoms with Gasteiger partial charge in [0.15, 0.2) is 5.82 Å². The molecule has 8 rings (SSSR count). The average molecular weight is 623 g/mol. The van der Waals surface area contributed by atoms with E-state index in [-0.39, 0.29) is 23.6 Å². The SMILES string of the molecule is COC(=O)c1ccc(-c2ccc3cc(-c4nc5cc(C(=O)N6CC7CCC6C7N)cc(OC)c5n4C)n(CC4CC4)c3n2)cc1F. The third-order valence-corrected chi connectivity index (χ3v) is 10.1. The highest BCUT2D eigenvalue weighted by molar-refractivity contribution is 6.00. The highest BCUT2D eigenvalue weighted by Gasteiger charge is 2.47. The van der Waals surface area contributed by atoms with E-state index in [1.54, 1.807) is 13.2 Å². The Morgan fingerprint density at radius 3 is 2.52 bits per heavy atom. The molecule has 4 heterocycles. The zero-order chi connectivity index (χ0) is 31.9. The van der Waals surface area contributed by atoms with E-state index in [0.29, 0.717) is 46.5 Å². The summed E-state index contributed by atoms with van der Waals surface area (Å²) in [5.74, 6) is 0.789. The van der Waals surface area contributed by atoms with Crippen molar-refractivity contribution in [2.75, 3.05) is 20.8 Å². The summed E-state index contributed by atoms with van der Waals surface area (Å²) in [6.45, 7) is 1.46. The number of esters is 1. The molecule has 1 amide bonds. The maximum atomic E-state index is 14.8. The lowest BCUT2D eigenvalue weighted by Crippen LogP contribution is -2.41. The van der Waals surface area contributed by atoms with Gasteiger partial charge < -0.3 is 29.2 Å². The van der Waals surface area contributed by atoms with E-state index in [1.165, 1.54) is 19.2 Å². The summed E-state index contributed by atoms with van der Waals surface area (Å²) in [7, 11) is 4.79. The van der Waals surface area contributed by atoms with Crippen molar-refractivity contribution in [3.05, 3.63) is 65.5 Å². The monoisotopic (exact) mass is 622 g/mol. The Morgan fingerprint density at radius 2 is 1.85 bits per heavy atom. The number of nitrogens with zero attached hydrogens (tertiary/aromatic N) is 5. The van der Waals surface area contributed by atoms with Crippen LogP contribution in [0.15, 0.2) is 48.5 Å². The molecule has 3 fully saturated rings. The standard InChI is InChI=1S/C35H35FN6O4/c1-40-31-26(13-22(15-29(31)45-2)34(43)42-17-21-8-11-27(42)30(21)37)39-33(40)28-14-20-7-10-25(38-32(20)41(28)16-18-4-5-18)19-6-9-23(24(36)12-19)35(44)46-3/h6-7,9-10,12-15,18,21,27,30H,4-5,8,11,16-17,37H2,1-3H3. The van der Waals surface area contributed by atoms with Crippen molar-refractivity contribution in [1.82, 2.24) is 24.0 Å². The van der Waals surface area contributed by atoms with Gasteiger partial charge in [0.2, 0.25) is 0 Å². The molecule has 2 aliphatic carbocycles. The molecule has 1 aliphatic heterocycles. The Balaban J connectivity index is 1.22. The van der Waals surface area contributed by atoms with Crippen LogP contribution in [-0.4, -0.2) is 68.7 Å². The van der Waals surface area contributed by atoms with Crippen molar-refractivity contribution in [2.24, 2.45) is 24.6 Å². The lowest BCUT2D eigenvalue weighted by molar-refractivity contribution is 0.0595. The van der Waals surface area contributed by atoms with Crippen LogP contribution in [0.5, 0.6) is 5.75 Å². The smallest absolute Gasteiger partial charge is 0.340 e. The van der Waals surface area contributed by atoms with Gasteiger partial charge in [-0.2, -0.15) is 0 Å². The molecule has 236 valence electrons. The fraction of sp³-hybridized carbons (Fsp3) is 0.371. The van der Waals surface area contributed by atoms with Crippen LogP contribution in [0.2, 0.25) is 0 Å². The number of nitrogens with two attached hydrogens (primary N) is 1. The zero-order valence-electron chi connectivity index (χ0n) is 26.0. The van der Waals surface area contributed by atoms with Crippen LogP contribution in [-0.2, 0) is 18.3 Å². The first-order valence-corrected chi connectivity index (χ1v) is 15.8. The second-order valence-corrected chi connectivity index (χ2v) is 12.9. The molecule has 3 aliphatic rings. The predicted octanol–water partition coefficient (Wildman–Crippen LogP) is 5.16. The first-order valence-electron chi connectivity index (χ1n) is 15.8. The van der Waals surface area contributed by atoms with Crippen molar-refractivity contribution in [3.8, 4) is 28.5 Å². The molecule has 2 aromatic carbocycles. The topological polar surface area (TPSA) is 118 Å². The number of hydrogen-bond acceptors (Lipinski definition) is 7. The molecule has 1 saturated heterocycles. The van der Waals surface area contributed by atoms with Crippen LogP contribution in [0.25, 0.3) is 44.8 Å². The summed E-state index contributed by atoms with van der Waals surface area (Å²) in [5, 5.41) is 0.932. The van der Waals surface area contributed by atoms with Gasteiger partial charge >= 0.3 is 5.97 Å². The van der Waals surface area contributed by atoms with Crippen molar-refractivity contribution in [2.45, 2.75) is 44.3 Å². The minimum atomic E-state index is -0.724. The molecular formula is C35H35FN6O4. The van der Waals surface area contributed by atoms with Gasteiger partial charge in [-0.1, -0.05) is 6.07 Å². The van der Waals surface area contributed by atoms with E-state index in [1.807, 2.05) is 40.8 Å². The number of halogens is 1. The maximum absolute atomic E-state index is 14.8. The molecule has 5 aromatic rings. The molecular weight excluding hydrogens is 587 g/mol. The van der Waals surface area contributed by atoms with Crippen LogP contribution in [0.4, 0.5) is 4.39 Å². The Bertz CT molecular complexity index is 2060. The second kappa shape index (κ2) is 10.7. The Labute approximate surface area is 264 Å². The molecule has 3 aromatic heterocycles. The molecule has 2 saturated carbocycles. The summed E-state index contributed by atoms with van der Waals surface area (Å²) in [6.07, 6.45) is 4.30. The van der Waals surface area contributed by atoms with Gasteiger partial charge in [0.25, 0.3) is 5.91 Å². The van der Waals surface area contributed by atoms with E-state index in [4.69, 9.17) is 20.4 Å². The molecule has 2 N–H and O–H groups in total. The van der Waals surface area contributed by atoms with Gasteiger partial charge in [-0.05, 0) is 80.0 Å². The Morgan fingerprint density at radius 1 is 1.02 bits per heavy atom. The van der Waals surface area contributed by atoms with E-state index in [0.717, 1.165) is 60.3 Å². The van der Waals surface area contributed by atoms with Crippen LogP contribution >= 0.6 is 0 Å². The Hall–Kier alpha value is -4.77. The number of pyridine rings is 1. The molecule has 0 radical (unpaired) electrons. The number of methoxy groups -OCH3 is 2. The van der Waals surface area contributed by atoms with Crippen molar-refractivity contribution < 1.29 is 23.5 Å². The number of aromatic nitrogens is 4. The number of amides is 1. The van der Waals surface area contributed by atoms with Gasteiger partial charge in [-0.15, -0.1) is 0 Å². The summed E-state index contributed by atoms with van der Waals surface area (Å²) in [4.78, 5) is 37.6. The summed E-state index contributed by atoms with van der Waals surface area (Å²) in [5.41, 5.74) is 11.1. The van der Waals surface area contributed by atoms with Gasteiger partial charge in [-0.3, -0.25) is 4.79 Å². The predicted molar refractivity (Wildman–Crippen MR) is 171 cm³/mol. The number of piperidine rings is 1. The largest absolute Gasteiger partial charge is 0.494 e. The van der Waals surface area contributed by atoms with Gasteiger partial charge in [0, 0.05) is 48.7 Å². The normalized spacial score (nSPS) is 20.6. The molecule has 3 unspecified atom stereocenters. The van der Waals surface area contributed by atoms with Crippen LogP contribution in [0.1, 0.15) is 46.4 Å². The number of fused-ring (bicyclic) bond motifs is 4. The summed E-state index contributed by atoms with van der Waals surface area (Å²) < 4.78 is 29.5. The third kappa shape index (κ3) is 4.47. The van der Waals surface area contributed by atoms with E-state index in [2.05, 4.69) is 15.4 Å². The van der Waals surface area contributed by atoms with Gasteiger partial charge in [-0.25, -0.2) is 19.2 Å². The van der Waals surface area contributed by atoms with Gasteiger partial charge in [0.1, 0.15) is 22.7 Å². The van der Waals surface area contributed by atoms with Crippen LogP contribution in [0, 0.1) is 17.7 Å². The average Bonchev–Trinajstić information content (AvgIpc) is 3.47. The number of benzene rings is 2. The summed E-state index contributed by atoms with van der Waals surface area (Å²) in [6, 6.07) is 14.1. The fourth-order valence-corrected chi connectivity index (χ4v) is 7.43. The molecule has 11 heteroatoms. The van der Waals surface area contributed by atoms with Crippen LogP contribution in [0.3, 0.4) is 0 Å². The molecule has 2 bridgehead atoms.